The Bertz CT molecular complexity index is 250. The largest absolute Gasteiger partial charge is 0.311 e. The highest BCUT2D eigenvalue weighted by molar-refractivity contribution is 7.99. The van der Waals surface area contributed by atoms with Crippen molar-refractivity contribution in [2.75, 3.05) is 0 Å². The fourth-order valence-electron chi connectivity index (χ4n) is 0.981. The highest BCUT2D eigenvalue weighted by Gasteiger charge is 2.13. The predicted molar refractivity (Wildman–Crippen MR) is 59.6 cm³/mol. The second-order valence-electron chi connectivity index (χ2n) is 2.72. The van der Waals surface area contributed by atoms with E-state index in [-0.39, 0.29) is 4.71 Å². The molecule has 1 rings (SSSR count). The van der Waals surface area contributed by atoms with E-state index in [0.29, 0.717) is 0 Å². The average Bonchev–Trinajstić information content (AvgIpc) is 2.04. The van der Waals surface area contributed by atoms with Crippen LogP contribution in [0.25, 0.3) is 0 Å². The third-order valence-electron chi connectivity index (χ3n) is 1.55. The van der Waals surface area contributed by atoms with E-state index in [9.17, 15) is 0 Å². The lowest BCUT2D eigenvalue weighted by molar-refractivity contribution is 0.602. The van der Waals surface area contributed by atoms with E-state index in [1.54, 1.807) is 12.5 Å². The van der Waals surface area contributed by atoms with Gasteiger partial charge in [0, 0.05) is 11.9 Å². The van der Waals surface area contributed by atoms with Crippen molar-refractivity contribution in [1.29, 1.82) is 0 Å². The molecule has 0 atom stereocenters. The lowest BCUT2D eigenvalue weighted by Gasteiger charge is -2.26. The van der Waals surface area contributed by atoms with Crippen LogP contribution < -0.4 is 0 Å². The molecule has 1 heterocycles. The Morgan fingerprint density at radius 1 is 1.50 bits per heavy atom. The monoisotopic (exact) mass is 200 g/mol. The van der Waals surface area contributed by atoms with Gasteiger partial charge in [-0.25, -0.2) is 4.99 Å². The first-order valence-corrected chi connectivity index (χ1v) is 4.68. The van der Waals surface area contributed by atoms with Crippen molar-refractivity contribution in [3.63, 3.8) is 0 Å². The summed E-state index contributed by atoms with van der Waals surface area (Å²) in [6.07, 6.45) is 5.45. The van der Waals surface area contributed by atoms with Crippen molar-refractivity contribution in [3.8, 4) is 0 Å². The summed E-state index contributed by atoms with van der Waals surface area (Å²) in [6, 6.07) is 0. The van der Waals surface area contributed by atoms with Gasteiger partial charge in [-0.15, -0.1) is 25.3 Å². The van der Waals surface area contributed by atoms with Gasteiger partial charge in [0.1, 0.15) is 4.71 Å². The minimum Gasteiger partial charge on any atom is -0.311 e. The van der Waals surface area contributed by atoms with Gasteiger partial charge in [-0.2, -0.15) is 0 Å². The highest BCUT2D eigenvalue weighted by atomic mass is 32.2. The Kier molecular flexibility index (Phi) is 3.29. The van der Waals surface area contributed by atoms with Gasteiger partial charge < -0.3 is 4.90 Å². The van der Waals surface area contributed by atoms with Crippen molar-refractivity contribution in [2.45, 2.75) is 18.6 Å². The quantitative estimate of drug-likeness (QED) is 0.490. The molecule has 4 heteroatoms. The molecule has 0 amide bonds. The van der Waals surface area contributed by atoms with Crippen LogP contribution in [0.3, 0.4) is 0 Å². The van der Waals surface area contributed by atoms with E-state index in [1.807, 2.05) is 11.0 Å². The summed E-state index contributed by atoms with van der Waals surface area (Å²) in [5.41, 5.74) is 2.34. The lowest BCUT2D eigenvalue weighted by atomic mass is 10.2. The summed E-state index contributed by atoms with van der Waals surface area (Å²) in [7, 11) is 0. The van der Waals surface area contributed by atoms with Gasteiger partial charge in [-0.3, -0.25) is 0 Å². The average molecular weight is 200 g/mol. The second kappa shape index (κ2) is 4.05. The molecule has 66 valence electrons. The molecule has 1 aliphatic rings. The minimum atomic E-state index is -0.136. The molecule has 0 saturated heterocycles. The van der Waals surface area contributed by atoms with Gasteiger partial charge in [0.25, 0.3) is 0 Å². The Balaban J connectivity index is 2.94. The molecule has 0 spiro atoms. The van der Waals surface area contributed by atoms with Crippen LogP contribution in [0, 0.1) is 0 Å². The number of aliphatic imine (C=N–C) groups is 1. The number of thiol groups is 2. The summed E-state index contributed by atoms with van der Waals surface area (Å²) in [4.78, 5) is 5.91. The maximum atomic E-state index is 4.23. The Hall–Kier alpha value is -0.350. The first kappa shape index (κ1) is 9.74. The number of hydrogen-bond acceptors (Lipinski definition) is 4. The highest BCUT2D eigenvalue weighted by Crippen LogP contribution is 2.20. The van der Waals surface area contributed by atoms with Gasteiger partial charge in [0.05, 0.1) is 6.34 Å². The molecule has 0 fully saturated rings. The summed E-state index contributed by atoms with van der Waals surface area (Å²) in [5, 5.41) is 0. The molecular formula is C8H12N2S2. The van der Waals surface area contributed by atoms with Gasteiger partial charge in [0.15, 0.2) is 0 Å². The first-order chi connectivity index (χ1) is 5.63. The minimum absolute atomic E-state index is 0.136. The molecule has 0 aromatic carbocycles. The zero-order chi connectivity index (χ0) is 9.14. The number of allylic oxidation sites excluding steroid dienone is 2. The Morgan fingerprint density at radius 3 is 2.58 bits per heavy atom. The van der Waals surface area contributed by atoms with Gasteiger partial charge in [-0.1, -0.05) is 5.57 Å². The van der Waals surface area contributed by atoms with E-state index in [2.05, 4.69) is 44.1 Å². The molecule has 2 nitrogen and oxygen atoms in total. The van der Waals surface area contributed by atoms with Gasteiger partial charge >= 0.3 is 0 Å². The maximum Gasteiger partial charge on any atom is 0.122 e. The number of hydrogen-bond donors (Lipinski definition) is 2. The van der Waals surface area contributed by atoms with Crippen molar-refractivity contribution < 1.29 is 0 Å². The SMILES string of the molecule is CC(C)=C1C=CN=CN1C(S)S. The molecule has 0 aliphatic carbocycles. The summed E-state index contributed by atoms with van der Waals surface area (Å²) in [5.74, 6) is 0. The molecule has 0 aromatic heterocycles. The standard InChI is InChI=1S/C8H12N2S2/c1-6(2)7-3-4-9-5-10(7)8(11)12/h3-5,8,11-12H,1-2H3. The van der Waals surface area contributed by atoms with Crippen molar-refractivity contribution in [1.82, 2.24) is 4.90 Å². The van der Waals surface area contributed by atoms with E-state index >= 15 is 0 Å². The van der Waals surface area contributed by atoms with Crippen LogP contribution in [0.4, 0.5) is 0 Å². The van der Waals surface area contributed by atoms with E-state index in [0.717, 1.165) is 5.70 Å². The summed E-state index contributed by atoms with van der Waals surface area (Å²) < 4.78 is -0.136. The van der Waals surface area contributed by atoms with Crippen molar-refractivity contribution in [3.05, 3.63) is 23.5 Å². The third-order valence-corrected chi connectivity index (χ3v) is 2.05. The van der Waals surface area contributed by atoms with Crippen LogP contribution in [-0.4, -0.2) is 15.9 Å². The lowest BCUT2D eigenvalue weighted by Crippen LogP contribution is -2.26. The third kappa shape index (κ3) is 2.08. The summed E-state index contributed by atoms with van der Waals surface area (Å²) in [6.45, 7) is 4.10. The van der Waals surface area contributed by atoms with Crippen LogP contribution in [-0.2, 0) is 0 Å². The van der Waals surface area contributed by atoms with E-state index < -0.39 is 0 Å². The predicted octanol–water partition coefficient (Wildman–Crippen LogP) is 2.28. The molecular weight excluding hydrogens is 188 g/mol. The van der Waals surface area contributed by atoms with Crippen LogP contribution in [0.15, 0.2) is 28.5 Å². The Labute approximate surface area is 83.9 Å². The number of nitrogens with zero attached hydrogens (tertiary/aromatic N) is 2. The normalized spacial score (nSPS) is 16.1. The van der Waals surface area contributed by atoms with Crippen LogP contribution in [0.1, 0.15) is 13.8 Å². The molecule has 12 heavy (non-hydrogen) atoms. The van der Waals surface area contributed by atoms with E-state index in [4.69, 9.17) is 0 Å². The zero-order valence-electron chi connectivity index (χ0n) is 7.10. The Morgan fingerprint density at radius 2 is 2.17 bits per heavy atom. The summed E-state index contributed by atoms with van der Waals surface area (Å²) >= 11 is 8.45. The second-order valence-corrected chi connectivity index (χ2v) is 4.10. The molecule has 0 aromatic rings. The van der Waals surface area contributed by atoms with Crippen LogP contribution in [0.5, 0.6) is 0 Å². The van der Waals surface area contributed by atoms with Crippen LogP contribution >= 0.6 is 25.3 Å². The molecule has 0 N–H and O–H groups in total. The molecule has 0 bridgehead atoms. The van der Waals surface area contributed by atoms with Crippen molar-refractivity contribution in [2.24, 2.45) is 4.99 Å². The molecule has 0 unspecified atom stereocenters. The zero-order valence-corrected chi connectivity index (χ0v) is 8.89. The van der Waals surface area contributed by atoms with E-state index in [1.165, 1.54) is 5.57 Å². The van der Waals surface area contributed by atoms with Crippen LogP contribution in [0.2, 0.25) is 0 Å². The number of rotatable bonds is 1. The molecule has 1 aliphatic heterocycles. The molecule has 0 saturated carbocycles. The first-order valence-electron chi connectivity index (χ1n) is 3.64. The smallest absolute Gasteiger partial charge is 0.122 e. The molecule has 0 radical (unpaired) electrons. The van der Waals surface area contributed by atoms with Gasteiger partial charge in [0.2, 0.25) is 0 Å². The van der Waals surface area contributed by atoms with Crippen molar-refractivity contribution >= 4 is 31.6 Å². The topological polar surface area (TPSA) is 15.6 Å². The van der Waals surface area contributed by atoms with Gasteiger partial charge in [-0.05, 0) is 19.9 Å². The fraction of sp³-hybridized carbons (Fsp3) is 0.375. The fourth-order valence-corrected chi connectivity index (χ4v) is 1.35. The maximum absolute atomic E-state index is 4.23.